The molecule has 3 N–H and O–H groups in total. The lowest BCUT2D eigenvalue weighted by atomic mass is 10.2. The van der Waals surface area contributed by atoms with E-state index in [1.807, 2.05) is 48.5 Å². The van der Waals surface area contributed by atoms with E-state index in [9.17, 15) is 0 Å². The van der Waals surface area contributed by atoms with Crippen LogP contribution in [0.3, 0.4) is 0 Å². The first-order chi connectivity index (χ1) is 9.81. The lowest BCUT2D eigenvalue weighted by molar-refractivity contribution is 0.415. The van der Waals surface area contributed by atoms with Gasteiger partial charge in [0.15, 0.2) is 11.6 Å². The lowest BCUT2D eigenvalue weighted by Crippen LogP contribution is -2.10. The summed E-state index contributed by atoms with van der Waals surface area (Å²) in [6.45, 7) is 0. The number of fused-ring (bicyclic) bond motifs is 1. The summed E-state index contributed by atoms with van der Waals surface area (Å²) in [5.41, 5.74) is 4.39. The fourth-order valence-corrected chi connectivity index (χ4v) is 2.06. The molecule has 3 aromatic rings. The van der Waals surface area contributed by atoms with Crippen molar-refractivity contribution in [1.29, 1.82) is 0 Å². The van der Waals surface area contributed by atoms with Crippen LogP contribution in [0.5, 0.6) is 5.75 Å². The van der Waals surface area contributed by atoms with Crippen molar-refractivity contribution in [2.24, 2.45) is 5.84 Å². The van der Waals surface area contributed by atoms with Crippen LogP contribution in [0.25, 0.3) is 22.3 Å². The molecule has 2 aromatic carbocycles. The molecule has 5 nitrogen and oxygen atoms in total. The molecule has 0 unspecified atom stereocenters. The van der Waals surface area contributed by atoms with E-state index in [4.69, 9.17) is 10.6 Å². The maximum atomic E-state index is 5.55. The van der Waals surface area contributed by atoms with Gasteiger partial charge < -0.3 is 10.2 Å². The van der Waals surface area contributed by atoms with Gasteiger partial charge in [-0.15, -0.1) is 0 Å². The van der Waals surface area contributed by atoms with Crippen LogP contribution in [0.15, 0.2) is 48.5 Å². The summed E-state index contributed by atoms with van der Waals surface area (Å²) in [5, 5.41) is 0.896. The number of hydrazine groups is 1. The van der Waals surface area contributed by atoms with Gasteiger partial charge in [0, 0.05) is 10.9 Å². The van der Waals surface area contributed by atoms with Gasteiger partial charge in [0.05, 0.1) is 12.6 Å². The number of aromatic nitrogens is 2. The topological polar surface area (TPSA) is 73.1 Å². The highest BCUT2D eigenvalue weighted by atomic mass is 16.5. The van der Waals surface area contributed by atoms with Crippen LogP contribution >= 0.6 is 0 Å². The molecule has 0 aliphatic rings. The number of nitrogens with one attached hydrogen (secondary N) is 1. The number of ether oxygens (including phenoxy) is 1. The molecule has 1 aromatic heterocycles. The van der Waals surface area contributed by atoms with Gasteiger partial charge in [-0.05, 0) is 36.4 Å². The van der Waals surface area contributed by atoms with Crippen molar-refractivity contribution in [2.45, 2.75) is 0 Å². The van der Waals surface area contributed by atoms with Crippen molar-refractivity contribution in [2.75, 3.05) is 12.5 Å². The molecule has 0 radical (unpaired) electrons. The van der Waals surface area contributed by atoms with Crippen LogP contribution in [-0.2, 0) is 0 Å². The fourth-order valence-electron chi connectivity index (χ4n) is 2.06. The number of rotatable bonds is 3. The molecule has 0 aliphatic carbocycles. The average molecular weight is 266 g/mol. The van der Waals surface area contributed by atoms with Crippen LogP contribution in [0.1, 0.15) is 0 Å². The summed E-state index contributed by atoms with van der Waals surface area (Å²) in [6, 6.07) is 15.3. The second-order valence-electron chi connectivity index (χ2n) is 4.29. The Morgan fingerprint density at radius 2 is 1.75 bits per heavy atom. The van der Waals surface area contributed by atoms with E-state index >= 15 is 0 Å². The van der Waals surface area contributed by atoms with Crippen LogP contribution in [0, 0.1) is 0 Å². The molecule has 0 saturated heterocycles. The minimum Gasteiger partial charge on any atom is -0.497 e. The first-order valence-electron chi connectivity index (χ1n) is 6.19. The molecule has 0 spiro atoms. The quantitative estimate of drug-likeness (QED) is 0.563. The van der Waals surface area contributed by atoms with Crippen LogP contribution in [0.2, 0.25) is 0 Å². The summed E-state index contributed by atoms with van der Waals surface area (Å²) in [4.78, 5) is 9.02. The summed E-state index contributed by atoms with van der Waals surface area (Å²) < 4.78 is 5.15. The average Bonchev–Trinajstić information content (AvgIpc) is 2.54. The van der Waals surface area contributed by atoms with Crippen LogP contribution in [-0.4, -0.2) is 17.1 Å². The number of anilines is 1. The summed E-state index contributed by atoms with van der Waals surface area (Å²) >= 11 is 0. The molecule has 5 heteroatoms. The van der Waals surface area contributed by atoms with Crippen LogP contribution in [0.4, 0.5) is 5.82 Å². The van der Waals surface area contributed by atoms with Gasteiger partial charge >= 0.3 is 0 Å². The Bertz CT molecular complexity index is 740. The zero-order valence-corrected chi connectivity index (χ0v) is 11.0. The van der Waals surface area contributed by atoms with Gasteiger partial charge in [0.25, 0.3) is 0 Å². The minimum atomic E-state index is 0.612. The van der Waals surface area contributed by atoms with Crippen LogP contribution < -0.4 is 16.0 Å². The van der Waals surface area contributed by atoms with E-state index in [2.05, 4.69) is 15.4 Å². The highest BCUT2D eigenvalue weighted by Gasteiger charge is 2.08. The summed E-state index contributed by atoms with van der Waals surface area (Å²) in [7, 11) is 1.64. The summed E-state index contributed by atoms with van der Waals surface area (Å²) in [5.74, 6) is 7.58. The number of nitrogens with zero attached hydrogens (tertiary/aromatic N) is 2. The van der Waals surface area contributed by atoms with Crippen molar-refractivity contribution in [3.05, 3.63) is 48.5 Å². The van der Waals surface area contributed by atoms with Crippen molar-refractivity contribution in [3.8, 4) is 17.1 Å². The predicted octanol–water partition coefficient (Wildman–Crippen LogP) is 2.59. The second kappa shape index (κ2) is 5.14. The van der Waals surface area contributed by atoms with Gasteiger partial charge in [0.1, 0.15) is 5.75 Å². The Morgan fingerprint density at radius 3 is 2.45 bits per heavy atom. The second-order valence-corrected chi connectivity index (χ2v) is 4.29. The number of hydrogen-bond acceptors (Lipinski definition) is 5. The van der Waals surface area contributed by atoms with E-state index in [1.54, 1.807) is 7.11 Å². The number of nitrogen functional groups attached to an aromatic ring is 1. The number of hydrogen-bond donors (Lipinski definition) is 2. The standard InChI is InChI=1S/C15H14N4O/c1-20-11-8-6-10(7-9-11)14-17-13-5-3-2-4-12(13)15(18-14)19-16/h2-9H,16H2,1H3,(H,17,18,19). The number of benzene rings is 2. The predicted molar refractivity (Wildman–Crippen MR) is 79.3 cm³/mol. The highest BCUT2D eigenvalue weighted by molar-refractivity contribution is 5.90. The third-order valence-corrected chi connectivity index (χ3v) is 3.09. The third-order valence-electron chi connectivity index (χ3n) is 3.09. The normalized spacial score (nSPS) is 10.5. The first-order valence-corrected chi connectivity index (χ1v) is 6.19. The van der Waals surface area contributed by atoms with E-state index in [-0.39, 0.29) is 0 Å². The first kappa shape index (κ1) is 12.4. The van der Waals surface area contributed by atoms with Gasteiger partial charge in [-0.3, -0.25) is 0 Å². The maximum Gasteiger partial charge on any atom is 0.162 e. The fraction of sp³-hybridized carbons (Fsp3) is 0.0667. The van der Waals surface area contributed by atoms with Gasteiger partial charge in [-0.1, -0.05) is 12.1 Å². The zero-order valence-electron chi connectivity index (χ0n) is 11.0. The van der Waals surface area contributed by atoms with Crippen molar-refractivity contribution in [3.63, 3.8) is 0 Å². The van der Waals surface area contributed by atoms with E-state index < -0.39 is 0 Å². The Labute approximate surface area is 116 Å². The number of methoxy groups -OCH3 is 1. The Kier molecular flexibility index (Phi) is 3.18. The van der Waals surface area contributed by atoms with E-state index in [0.29, 0.717) is 11.6 Å². The monoisotopic (exact) mass is 266 g/mol. The highest BCUT2D eigenvalue weighted by Crippen LogP contribution is 2.25. The lowest BCUT2D eigenvalue weighted by Gasteiger charge is -2.08. The number of nitrogens with two attached hydrogens (primary N) is 1. The third kappa shape index (κ3) is 2.15. The van der Waals surface area contributed by atoms with Crippen molar-refractivity contribution < 1.29 is 4.74 Å². The Morgan fingerprint density at radius 1 is 1.00 bits per heavy atom. The smallest absolute Gasteiger partial charge is 0.162 e. The Balaban J connectivity index is 2.15. The molecule has 3 rings (SSSR count). The largest absolute Gasteiger partial charge is 0.497 e. The van der Waals surface area contributed by atoms with Crippen molar-refractivity contribution >= 4 is 16.7 Å². The molecule has 0 saturated carbocycles. The number of para-hydroxylation sites is 1. The van der Waals surface area contributed by atoms with Gasteiger partial charge in [-0.2, -0.15) is 0 Å². The molecular formula is C15H14N4O. The molecular weight excluding hydrogens is 252 g/mol. The molecule has 100 valence electrons. The van der Waals surface area contributed by atoms with E-state index in [0.717, 1.165) is 22.2 Å². The minimum absolute atomic E-state index is 0.612. The van der Waals surface area contributed by atoms with Crippen molar-refractivity contribution in [1.82, 2.24) is 9.97 Å². The molecule has 0 fully saturated rings. The zero-order chi connectivity index (χ0) is 13.9. The molecule has 20 heavy (non-hydrogen) atoms. The Hall–Kier alpha value is -2.66. The SMILES string of the molecule is COc1ccc(-c2nc(NN)c3ccccc3n2)cc1. The maximum absolute atomic E-state index is 5.55. The van der Waals surface area contributed by atoms with Gasteiger partial charge in [0.2, 0.25) is 0 Å². The molecule has 0 aliphatic heterocycles. The van der Waals surface area contributed by atoms with Gasteiger partial charge in [-0.25, -0.2) is 15.8 Å². The molecule has 1 heterocycles. The molecule has 0 amide bonds. The molecule has 0 bridgehead atoms. The van der Waals surface area contributed by atoms with E-state index in [1.165, 1.54) is 0 Å². The molecule has 0 atom stereocenters. The summed E-state index contributed by atoms with van der Waals surface area (Å²) in [6.07, 6.45) is 0.